The van der Waals surface area contributed by atoms with E-state index in [2.05, 4.69) is 5.10 Å². The first-order valence-electron chi connectivity index (χ1n) is 7.66. The van der Waals surface area contributed by atoms with E-state index in [1.54, 1.807) is 4.90 Å². The van der Waals surface area contributed by atoms with Gasteiger partial charge in [-0.25, -0.2) is 8.78 Å². The maximum Gasteiger partial charge on any atom is 0.254 e. The minimum Gasteiger partial charge on any atom is -0.334 e. The fourth-order valence-corrected chi connectivity index (χ4v) is 2.60. The van der Waals surface area contributed by atoms with Crippen LogP contribution in [0.3, 0.4) is 0 Å². The monoisotopic (exact) mass is 321 g/mol. The SMILES string of the molecule is CCN(Cc1c(C)nn(CC)c1C)C(=O)c1ccc(F)c(F)c1. The van der Waals surface area contributed by atoms with Crippen molar-refractivity contribution in [3.63, 3.8) is 0 Å². The Bertz CT molecular complexity index is 725. The van der Waals surface area contributed by atoms with Crippen molar-refractivity contribution in [3.8, 4) is 0 Å². The maximum absolute atomic E-state index is 13.4. The molecular formula is C17H21F2N3O. The number of halogens is 2. The summed E-state index contributed by atoms with van der Waals surface area (Å²) in [6.45, 7) is 9.36. The molecule has 2 rings (SSSR count). The summed E-state index contributed by atoms with van der Waals surface area (Å²) in [4.78, 5) is 14.2. The number of hydrogen-bond donors (Lipinski definition) is 0. The quantitative estimate of drug-likeness (QED) is 0.846. The molecule has 1 amide bonds. The Labute approximate surface area is 134 Å². The van der Waals surface area contributed by atoms with Gasteiger partial charge in [0.2, 0.25) is 0 Å². The highest BCUT2D eigenvalue weighted by Gasteiger charge is 2.20. The third kappa shape index (κ3) is 3.41. The molecule has 0 fully saturated rings. The van der Waals surface area contributed by atoms with E-state index >= 15 is 0 Å². The van der Waals surface area contributed by atoms with Crippen LogP contribution in [0.15, 0.2) is 18.2 Å². The van der Waals surface area contributed by atoms with Crippen molar-refractivity contribution < 1.29 is 13.6 Å². The lowest BCUT2D eigenvalue weighted by Crippen LogP contribution is -2.30. The van der Waals surface area contributed by atoms with Crippen molar-refractivity contribution >= 4 is 5.91 Å². The van der Waals surface area contributed by atoms with E-state index in [-0.39, 0.29) is 11.5 Å². The Balaban J connectivity index is 2.27. The molecule has 0 spiro atoms. The number of carbonyl (C=O) groups excluding carboxylic acids is 1. The lowest BCUT2D eigenvalue weighted by atomic mass is 10.1. The third-order valence-electron chi connectivity index (χ3n) is 4.02. The molecule has 1 aromatic carbocycles. The highest BCUT2D eigenvalue weighted by molar-refractivity contribution is 5.94. The van der Waals surface area contributed by atoms with E-state index < -0.39 is 11.6 Å². The first kappa shape index (κ1) is 17.1. The van der Waals surface area contributed by atoms with E-state index in [0.29, 0.717) is 13.1 Å². The molecule has 0 saturated carbocycles. The summed E-state index contributed by atoms with van der Waals surface area (Å²) >= 11 is 0. The second-order valence-corrected chi connectivity index (χ2v) is 5.41. The van der Waals surface area contributed by atoms with Gasteiger partial charge in [-0.1, -0.05) is 0 Å². The Morgan fingerprint density at radius 2 is 1.91 bits per heavy atom. The first-order valence-corrected chi connectivity index (χ1v) is 7.66. The highest BCUT2D eigenvalue weighted by atomic mass is 19.2. The molecule has 124 valence electrons. The number of rotatable bonds is 5. The molecule has 0 radical (unpaired) electrons. The standard InChI is InChI=1S/C17H21F2N3O/c1-5-21(10-14-11(3)20-22(6-2)12(14)4)17(23)13-7-8-15(18)16(19)9-13/h7-9H,5-6,10H2,1-4H3. The fraction of sp³-hybridized carbons (Fsp3) is 0.412. The Morgan fingerprint density at radius 3 is 2.43 bits per heavy atom. The van der Waals surface area contributed by atoms with Gasteiger partial charge < -0.3 is 4.90 Å². The Kier molecular flexibility index (Phi) is 5.13. The fourth-order valence-electron chi connectivity index (χ4n) is 2.60. The van der Waals surface area contributed by atoms with Crippen LogP contribution in [-0.4, -0.2) is 27.1 Å². The smallest absolute Gasteiger partial charge is 0.254 e. The van der Waals surface area contributed by atoms with Crippen molar-refractivity contribution in [1.82, 2.24) is 14.7 Å². The van der Waals surface area contributed by atoms with Crippen LogP contribution in [-0.2, 0) is 13.1 Å². The molecule has 0 saturated heterocycles. The van der Waals surface area contributed by atoms with E-state index in [1.807, 2.05) is 32.4 Å². The molecule has 23 heavy (non-hydrogen) atoms. The summed E-state index contributed by atoms with van der Waals surface area (Å²) in [5.74, 6) is -2.30. The van der Waals surface area contributed by atoms with Crippen molar-refractivity contribution in [3.05, 3.63) is 52.3 Å². The van der Waals surface area contributed by atoms with Gasteiger partial charge in [0, 0.05) is 36.5 Å². The zero-order valence-electron chi connectivity index (χ0n) is 13.9. The van der Waals surface area contributed by atoms with Gasteiger partial charge in [0.15, 0.2) is 11.6 Å². The Hall–Kier alpha value is -2.24. The van der Waals surface area contributed by atoms with Crippen molar-refractivity contribution in [2.75, 3.05) is 6.54 Å². The number of hydrogen-bond acceptors (Lipinski definition) is 2. The van der Waals surface area contributed by atoms with E-state index in [1.165, 1.54) is 6.07 Å². The highest BCUT2D eigenvalue weighted by Crippen LogP contribution is 2.18. The van der Waals surface area contributed by atoms with Gasteiger partial charge in [0.05, 0.1) is 5.69 Å². The molecule has 0 unspecified atom stereocenters. The van der Waals surface area contributed by atoms with Crippen LogP contribution in [0.5, 0.6) is 0 Å². The number of aryl methyl sites for hydroxylation is 2. The summed E-state index contributed by atoms with van der Waals surface area (Å²) in [6, 6.07) is 3.22. The van der Waals surface area contributed by atoms with Crippen LogP contribution >= 0.6 is 0 Å². The minimum atomic E-state index is -1.02. The zero-order chi connectivity index (χ0) is 17.1. The van der Waals surface area contributed by atoms with Crippen molar-refractivity contribution in [2.24, 2.45) is 0 Å². The predicted molar refractivity (Wildman–Crippen MR) is 84.1 cm³/mol. The average molecular weight is 321 g/mol. The van der Waals surface area contributed by atoms with Crippen LogP contribution < -0.4 is 0 Å². The molecular weight excluding hydrogens is 300 g/mol. The van der Waals surface area contributed by atoms with Crippen LogP contribution in [0.1, 0.15) is 41.2 Å². The van der Waals surface area contributed by atoms with E-state index in [0.717, 1.165) is 35.6 Å². The van der Waals surface area contributed by atoms with E-state index in [4.69, 9.17) is 0 Å². The normalized spacial score (nSPS) is 10.9. The van der Waals surface area contributed by atoms with Gasteiger partial charge in [-0.05, 0) is 45.9 Å². The van der Waals surface area contributed by atoms with Gasteiger partial charge in [-0.2, -0.15) is 5.10 Å². The number of nitrogens with zero attached hydrogens (tertiary/aromatic N) is 3. The molecule has 0 aliphatic heterocycles. The summed E-state index contributed by atoms with van der Waals surface area (Å²) < 4.78 is 28.3. The van der Waals surface area contributed by atoms with E-state index in [9.17, 15) is 13.6 Å². The molecule has 4 nitrogen and oxygen atoms in total. The molecule has 2 aromatic rings. The second kappa shape index (κ2) is 6.89. The number of benzene rings is 1. The molecule has 0 aliphatic rings. The second-order valence-electron chi connectivity index (χ2n) is 5.41. The van der Waals surface area contributed by atoms with Crippen LogP contribution in [0.25, 0.3) is 0 Å². The number of aromatic nitrogens is 2. The molecule has 1 heterocycles. The van der Waals surface area contributed by atoms with Gasteiger partial charge in [0.1, 0.15) is 0 Å². The molecule has 1 aromatic heterocycles. The lowest BCUT2D eigenvalue weighted by Gasteiger charge is -2.21. The van der Waals surface area contributed by atoms with Gasteiger partial charge in [-0.3, -0.25) is 9.48 Å². The van der Waals surface area contributed by atoms with Crippen LogP contribution in [0.4, 0.5) is 8.78 Å². The average Bonchev–Trinajstić information content (AvgIpc) is 2.81. The summed E-state index contributed by atoms with van der Waals surface area (Å²) in [5.41, 5.74) is 3.02. The summed E-state index contributed by atoms with van der Waals surface area (Å²) in [7, 11) is 0. The topological polar surface area (TPSA) is 38.1 Å². The maximum atomic E-state index is 13.4. The molecule has 6 heteroatoms. The molecule has 0 N–H and O–H groups in total. The van der Waals surface area contributed by atoms with Crippen LogP contribution in [0, 0.1) is 25.5 Å². The number of amides is 1. The Morgan fingerprint density at radius 1 is 1.22 bits per heavy atom. The lowest BCUT2D eigenvalue weighted by molar-refractivity contribution is 0.0751. The van der Waals surface area contributed by atoms with Gasteiger partial charge in [-0.15, -0.1) is 0 Å². The molecule has 0 bridgehead atoms. The summed E-state index contributed by atoms with van der Waals surface area (Å²) in [6.07, 6.45) is 0. The number of carbonyl (C=O) groups is 1. The largest absolute Gasteiger partial charge is 0.334 e. The van der Waals surface area contributed by atoms with Gasteiger partial charge in [0.25, 0.3) is 5.91 Å². The molecule has 0 atom stereocenters. The molecule has 0 aliphatic carbocycles. The first-order chi connectivity index (χ1) is 10.9. The predicted octanol–water partition coefficient (Wildman–Crippen LogP) is 3.46. The van der Waals surface area contributed by atoms with Gasteiger partial charge >= 0.3 is 0 Å². The zero-order valence-corrected chi connectivity index (χ0v) is 13.9. The third-order valence-corrected chi connectivity index (χ3v) is 4.02. The van der Waals surface area contributed by atoms with Crippen LogP contribution in [0.2, 0.25) is 0 Å². The minimum absolute atomic E-state index is 0.143. The van der Waals surface area contributed by atoms with Crippen molar-refractivity contribution in [1.29, 1.82) is 0 Å². The van der Waals surface area contributed by atoms with Crippen molar-refractivity contribution in [2.45, 2.75) is 40.8 Å². The summed E-state index contributed by atoms with van der Waals surface area (Å²) in [5, 5.41) is 4.44.